The van der Waals surface area contributed by atoms with Gasteiger partial charge in [-0.3, -0.25) is 0 Å². The molecule has 0 spiro atoms. The number of aliphatic hydroxyl groups excluding tert-OH is 2. The van der Waals surface area contributed by atoms with Crippen LogP contribution in [0.3, 0.4) is 0 Å². The van der Waals surface area contributed by atoms with Crippen LogP contribution in [-0.4, -0.2) is 46.5 Å². The molecule has 0 saturated heterocycles. The predicted molar refractivity (Wildman–Crippen MR) is 78.0 cm³/mol. The summed E-state index contributed by atoms with van der Waals surface area (Å²) in [5.74, 6) is 1.53. The molecule has 0 aliphatic heterocycles. The lowest BCUT2D eigenvalue weighted by molar-refractivity contribution is 0.281. The highest BCUT2D eigenvalue weighted by molar-refractivity contribution is 7.18. The molecule has 0 saturated carbocycles. The number of fused-ring (bicyclic) bond motifs is 1. The van der Waals surface area contributed by atoms with Gasteiger partial charge in [0.05, 0.1) is 18.6 Å². The van der Waals surface area contributed by atoms with E-state index in [-0.39, 0.29) is 13.2 Å². The average Bonchev–Trinajstić information content (AvgIpc) is 2.64. The Bertz CT molecular complexity index is 577. The zero-order valence-corrected chi connectivity index (χ0v) is 12.3. The summed E-state index contributed by atoms with van der Waals surface area (Å²) in [6, 6.07) is 0. The van der Waals surface area contributed by atoms with Crippen LogP contribution in [0.15, 0.2) is 0 Å². The quantitative estimate of drug-likeness (QED) is 0.867. The Morgan fingerprint density at radius 1 is 1.05 bits per heavy atom. The summed E-state index contributed by atoms with van der Waals surface area (Å²) in [5.41, 5.74) is 1.18. The molecular formula is C13H19N3O2S. The standard InChI is InChI=1S/C13H19N3O2S/c1-8-9(2)19-13-11(8)12(14-10(3)15-13)16(4-6-17)5-7-18/h17-18H,4-7H2,1-3H3. The van der Waals surface area contributed by atoms with Crippen molar-refractivity contribution in [2.24, 2.45) is 0 Å². The molecule has 19 heavy (non-hydrogen) atoms. The molecule has 0 atom stereocenters. The van der Waals surface area contributed by atoms with E-state index in [2.05, 4.69) is 23.8 Å². The summed E-state index contributed by atoms with van der Waals surface area (Å²) in [5, 5.41) is 19.4. The van der Waals surface area contributed by atoms with E-state index in [0.717, 1.165) is 16.0 Å². The van der Waals surface area contributed by atoms with Crippen LogP contribution in [0.5, 0.6) is 0 Å². The van der Waals surface area contributed by atoms with Crippen LogP contribution < -0.4 is 4.90 Å². The molecule has 0 aromatic carbocycles. The first-order valence-corrected chi connectivity index (χ1v) is 7.11. The fraction of sp³-hybridized carbons (Fsp3) is 0.538. The number of hydrogen-bond acceptors (Lipinski definition) is 6. The molecule has 2 N–H and O–H groups in total. The number of anilines is 1. The number of rotatable bonds is 5. The highest BCUT2D eigenvalue weighted by Gasteiger charge is 2.17. The molecule has 2 aromatic rings. The van der Waals surface area contributed by atoms with Crippen LogP contribution in [0.1, 0.15) is 16.3 Å². The van der Waals surface area contributed by atoms with Gasteiger partial charge in [0, 0.05) is 18.0 Å². The third-order valence-electron chi connectivity index (χ3n) is 3.16. The van der Waals surface area contributed by atoms with Crippen molar-refractivity contribution >= 4 is 27.4 Å². The van der Waals surface area contributed by atoms with E-state index in [9.17, 15) is 10.2 Å². The Hall–Kier alpha value is -1.24. The summed E-state index contributed by atoms with van der Waals surface area (Å²) in [4.78, 5) is 13.1. The van der Waals surface area contributed by atoms with E-state index in [1.165, 1.54) is 10.4 Å². The van der Waals surface area contributed by atoms with Crippen LogP contribution in [-0.2, 0) is 0 Å². The topological polar surface area (TPSA) is 69.5 Å². The molecule has 0 unspecified atom stereocenters. The van der Waals surface area contributed by atoms with Gasteiger partial charge >= 0.3 is 0 Å². The van der Waals surface area contributed by atoms with Gasteiger partial charge < -0.3 is 15.1 Å². The Morgan fingerprint density at radius 3 is 2.26 bits per heavy atom. The van der Waals surface area contributed by atoms with Crippen molar-refractivity contribution in [3.8, 4) is 0 Å². The first kappa shape index (κ1) is 14.2. The van der Waals surface area contributed by atoms with Crippen LogP contribution in [0.25, 0.3) is 10.2 Å². The van der Waals surface area contributed by atoms with Crippen molar-refractivity contribution in [3.63, 3.8) is 0 Å². The molecule has 5 nitrogen and oxygen atoms in total. The summed E-state index contributed by atoms with van der Waals surface area (Å²) in [7, 11) is 0. The molecular weight excluding hydrogens is 262 g/mol. The average molecular weight is 281 g/mol. The van der Waals surface area contributed by atoms with Gasteiger partial charge in [0.25, 0.3) is 0 Å². The van der Waals surface area contributed by atoms with Gasteiger partial charge in [-0.05, 0) is 26.3 Å². The lowest BCUT2D eigenvalue weighted by atomic mass is 10.2. The highest BCUT2D eigenvalue weighted by atomic mass is 32.1. The second kappa shape index (κ2) is 5.81. The zero-order chi connectivity index (χ0) is 14.0. The number of aromatic nitrogens is 2. The van der Waals surface area contributed by atoms with Crippen molar-refractivity contribution in [2.75, 3.05) is 31.2 Å². The summed E-state index contributed by atoms with van der Waals surface area (Å²) in [6.07, 6.45) is 0. The zero-order valence-electron chi connectivity index (χ0n) is 11.5. The first-order chi connectivity index (χ1) is 9.08. The van der Waals surface area contributed by atoms with Gasteiger partial charge in [-0.25, -0.2) is 9.97 Å². The van der Waals surface area contributed by atoms with Crippen LogP contribution in [0, 0.1) is 20.8 Å². The molecule has 2 aromatic heterocycles. The van der Waals surface area contributed by atoms with Gasteiger partial charge in [-0.2, -0.15) is 0 Å². The highest BCUT2D eigenvalue weighted by Crippen LogP contribution is 2.34. The fourth-order valence-corrected chi connectivity index (χ4v) is 3.20. The van der Waals surface area contributed by atoms with Gasteiger partial charge in [0.15, 0.2) is 0 Å². The Kier molecular flexibility index (Phi) is 4.34. The number of hydrogen-bond donors (Lipinski definition) is 2. The van der Waals surface area contributed by atoms with E-state index < -0.39 is 0 Å². The van der Waals surface area contributed by atoms with E-state index in [1.54, 1.807) is 11.3 Å². The maximum absolute atomic E-state index is 9.18. The predicted octanol–water partition coefficient (Wildman–Crippen LogP) is 1.41. The van der Waals surface area contributed by atoms with E-state index in [0.29, 0.717) is 18.9 Å². The normalized spacial score (nSPS) is 11.2. The fourth-order valence-electron chi connectivity index (χ4n) is 2.13. The largest absolute Gasteiger partial charge is 0.395 e. The molecule has 104 valence electrons. The monoisotopic (exact) mass is 281 g/mol. The van der Waals surface area contributed by atoms with Gasteiger partial charge in [0.1, 0.15) is 16.5 Å². The first-order valence-electron chi connectivity index (χ1n) is 6.29. The lowest BCUT2D eigenvalue weighted by Crippen LogP contribution is -2.31. The molecule has 0 fully saturated rings. The van der Waals surface area contributed by atoms with E-state index >= 15 is 0 Å². The van der Waals surface area contributed by atoms with Crippen LogP contribution in [0.4, 0.5) is 5.82 Å². The van der Waals surface area contributed by atoms with Crippen molar-refractivity contribution in [2.45, 2.75) is 20.8 Å². The van der Waals surface area contributed by atoms with E-state index in [4.69, 9.17) is 0 Å². The van der Waals surface area contributed by atoms with E-state index in [1.807, 2.05) is 11.8 Å². The minimum Gasteiger partial charge on any atom is -0.395 e. The van der Waals surface area contributed by atoms with Crippen LogP contribution >= 0.6 is 11.3 Å². The maximum atomic E-state index is 9.18. The molecule has 0 amide bonds. The van der Waals surface area contributed by atoms with Gasteiger partial charge in [-0.1, -0.05) is 0 Å². The maximum Gasteiger partial charge on any atom is 0.141 e. The molecule has 0 aliphatic rings. The third kappa shape index (κ3) is 2.70. The second-order valence-corrected chi connectivity index (χ2v) is 5.70. The number of aryl methyl sites for hydroxylation is 3. The third-order valence-corrected chi connectivity index (χ3v) is 4.26. The summed E-state index contributed by atoms with van der Waals surface area (Å²) in [6.45, 7) is 6.99. The lowest BCUT2D eigenvalue weighted by Gasteiger charge is -2.23. The Balaban J connectivity index is 2.62. The van der Waals surface area contributed by atoms with Crippen molar-refractivity contribution in [3.05, 3.63) is 16.3 Å². The van der Waals surface area contributed by atoms with Gasteiger partial charge in [0.2, 0.25) is 0 Å². The molecule has 0 bridgehead atoms. The minimum atomic E-state index is 0.0344. The van der Waals surface area contributed by atoms with Crippen LogP contribution in [0.2, 0.25) is 0 Å². The summed E-state index contributed by atoms with van der Waals surface area (Å²) < 4.78 is 0. The van der Waals surface area contributed by atoms with Crippen molar-refractivity contribution < 1.29 is 10.2 Å². The Morgan fingerprint density at radius 2 is 1.68 bits per heavy atom. The SMILES string of the molecule is Cc1nc(N(CCO)CCO)c2c(C)c(C)sc2n1. The smallest absolute Gasteiger partial charge is 0.141 e. The molecule has 0 aliphatic carbocycles. The van der Waals surface area contributed by atoms with Crippen molar-refractivity contribution in [1.29, 1.82) is 0 Å². The molecule has 0 radical (unpaired) electrons. The number of thiophene rings is 1. The Labute approximate surface area is 116 Å². The molecule has 6 heteroatoms. The van der Waals surface area contributed by atoms with Crippen molar-refractivity contribution in [1.82, 2.24) is 9.97 Å². The molecule has 2 heterocycles. The molecule has 2 rings (SSSR count). The van der Waals surface area contributed by atoms with Gasteiger partial charge in [-0.15, -0.1) is 11.3 Å². The second-order valence-electron chi connectivity index (χ2n) is 4.49. The summed E-state index contributed by atoms with van der Waals surface area (Å²) >= 11 is 1.66. The number of nitrogens with zero attached hydrogens (tertiary/aromatic N) is 3. The minimum absolute atomic E-state index is 0.0344. The number of aliphatic hydroxyl groups is 2.